The highest BCUT2D eigenvalue weighted by Gasteiger charge is 2.12. The first kappa shape index (κ1) is 11.8. The monoisotopic (exact) mass is 282 g/mol. The maximum atomic E-state index is 5.56. The number of hydrogen-bond donors (Lipinski definition) is 0. The molecular formula is C21H14O. The van der Waals surface area contributed by atoms with Crippen molar-refractivity contribution in [2.24, 2.45) is 0 Å². The molecule has 0 bridgehead atoms. The lowest BCUT2D eigenvalue weighted by atomic mass is 9.91. The van der Waals surface area contributed by atoms with Gasteiger partial charge in [-0.1, -0.05) is 48.5 Å². The van der Waals surface area contributed by atoms with Crippen LogP contribution in [0.5, 0.6) is 5.75 Å². The van der Waals surface area contributed by atoms with Crippen LogP contribution in [-0.2, 0) is 0 Å². The standard InChI is InChI=1S/C21H14O/c1-22-19-11-8-13-6-9-17-16-5-3-2-4-14(16)12-15-7-10-18(19)20(13)21(15)17/h2-12H,1H3. The van der Waals surface area contributed by atoms with E-state index in [-0.39, 0.29) is 0 Å². The van der Waals surface area contributed by atoms with Crippen molar-refractivity contribution in [3.63, 3.8) is 0 Å². The largest absolute Gasteiger partial charge is 0.496 e. The van der Waals surface area contributed by atoms with Crippen molar-refractivity contribution in [2.75, 3.05) is 7.11 Å². The zero-order chi connectivity index (χ0) is 14.7. The number of fused-ring (bicyclic) bond motifs is 2. The summed E-state index contributed by atoms with van der Waals surface area (Å²) in [6, 6.07) is 23.9. The number of rotatable bonds is 1. The van der Waals surface area contributed by atoms with E-state index in [4.69, 9.17) is 4.74 Å². The van der Waals surface area contributed by atoms with Crippen LogP contribution in [0.3, 0.4) is 0 Å². The SMILES string of the molecule is COc1ccc2ccc3c4ccccc4cc4ccc1c2c43. The summed E-state index contributed by atoms with van der Waals surface area (Å²) < 4.78 is 5.56. The molecule has 0 aliphatic heterocycles. The fourth-order valence-corrected chi connectivity index (χ4v) is 3.71. The van der Waals surface area contributed by atoms with Gasteiger partial charge < -0.3 is 4.74 Å². The Morgan fingerprint density at radius 3 is 2.23 bits per heavy atom. The van der Waals surface area contributed by atoms with Gasteiger partial charge in [0.25, 0.3) is 0 Å². The molecule has 0 heterocycles. The van der Waals surface area contributed by atoms with Crippen LogP contribution in [-0.4, -0.2) is 7.11 Å². The van der Waals surface area contributed by atoms with Gasteiger partial charge in [0, 0.05) is 10.8 Å². The van der Waals surface area contributed by atoms with Gasteiger partial charge in [-0.05, 0) is 50.5 Å². The molecular weight excluding hydrogens is 268 g/mol. The molecule has 0 unspecified atom stereocenters. The fourth-order valence-electron chi connectivity index (χ4n) is 3.71. The zero-order valence-electron chi connectivity index (χ0n) is 12.3. The molecule has 0 aromatic heterocycles. The highest BCUT2D eigenvalue weighted by molar-refractivity contribution is 6.29. The molecule has 0 aliphatic rings. The van der Waals surface area contributed by atoms with Crippen LogP contribution in [0, 0.1) is 0 Å². The van der Waals surface area contributed by atoms with E-state index in [1.54, 1.807) is 7.11 Å². The van der Waals surface area contributed by atoms with Crippen LogP contribution in [0.15, 0.2) is 66.7 Å². The lowest BCUT2D eigenvalue weighted by molar-refractivity contribution is 0.420. The minimum Gasteiger partial charge on any atom is -0.496 e. The molecule has 0 saturated heterocycles. The molecule has 0 amide bonds. The van der Waals surface area contributed by atoms with Crippen LogP contribution in [0.25, 0.3) is 43.1 Å². The summed E-state index contributed by atoms with van der Waals surface area (Å²) in [6.45, 7) is 0. The molecule has 0 atom stereocenters. The Hall–Kier alpha value is -2.80. The van der Waals surface area contributed by atoms with Gasteiger partial charge >= 0.3 is 0 Å². The molecule has 5 rings (SSSR count). The van der Waals surface area contributed by atoms with Crippen LogP contribution >= 0.6 is 0 Å². The topological polar surface area (TPSA) is 9.23 Å². The second-order valence-electron chi connectivity index (χ2n) is 5.79. The molecule has 5 aromatic carbocycles. The molecule has 104 valence electrons. The van der Waals surface area contributed by atoms with Crippen LogP contribution in [0.1, 0.15) is 0 Å². The maximum Gasteiger partial charge on any atom is 0.126 e. The van der Waals surface area contributed by atoms with E-state index < -0.39 is 0 Å². The van der Waals surface area contributed by atoms with Crippen molar-refractivity contribution in [1.29, 1.82) is 0 Å². The number of ether oxygens (including phenoxy) is 1. The van der Waals surface area contributed by atoms with Crippen molar-refractivity contribution in [1.82, 2.24) is 0 Å². The quantitative estimate of drug-likeness (QED) is 0.281. The van der Waals surface area contributed by atoms with Gasteiger partial charge in [-0.2, -0.15) is 0 Å². The van der Waals surface area contributed by atoms with Crippen LogP contribution < -0.4 is 4.74 Å². The normalized spacial score (nSPS) is 11.9. The average Bonchev–Trinajstić information content (AvgIpc) is 2.58. The van der Waals surface area contributed by atoms with Gasteiger partial charge in [-0.15, -0.1) is 0 Å². The van der Waals surface area contributed by atoms with E-state index in [0.717, 1.165) is 5.75 Å². The number of benzene rings is 5. The highest BCUT2D eigenvalue weighted by Crippen LogP contribution is 2.41. The van der Waals surface area contributed by atoms with Crippen molar-refractivity contribution in [2.45, 2.75) is 0 Å². The predicted molar refractivity (Wildman–Crippen MR) is 94.2 cm³/mol. The van der Waals surface area contributed by atoms with Crippen molar-refractivity contribution >= 4 is 43.1 Å². The molecule has 0 radical (unpaired) electrons. The summed E-state index contributed by atoms with van der Waals surface area (Å²) in [5.74, 6) is 0.940. The smallest absolute Gasteiger partial charge is 0.126 e. The lowest BCUT2D eigenvalue weighted by Gasteiger charge is -2.14. The molecule has 0 spiro atoms. The second kappa shape index (κ2) is 4.11. The molecule has 5 aromatic rings. The highest BCUT2D eigenvalue weighted by atomic mass is 16.5. The Morgan fingerprint density at radius 1 is 0.591 bits per heavy atom. The third-order valence-electron chi connectivity index (χ3n) is 4.69. The second-order valence-corrected chi connectivity index (χ2v) is 5.79. The minimum absolute atomic E-state index is 0.940. The zero-order valence-corrected chi connectivity index (χ0v) is 12.3. The van der Waals surface area contributed by atoms with E-state index in [0.29, 0.717) is 0 Å². The van der Waals surface area contributed by atoms with Crippen molar-refractivity contribution < 1.29 is 4.74 Å². The third kappa shape index (κ3) is 1.38. The molecule has 1 heteroatoms. The van der Waals surface area contributed by atoms with E-state index >= 15 is 0 Å². The lowest BCUT2D eigenvalue weighted by Crippen LogP contribution is -1.89. The summed E-state index contributed by atoms with van der Waals surface area (Å²) in [5.41, 5.74) is 0. The Bertz CT molecular complexity index is 1150. The number of hydrogen-bond acceptors (Lipinski definition) is 1. The van der Waals surface area contributed by atoms with E-state index in [1.807, 2.05) is 0 Å². The molecule has 1 nitrogen and oxygen atoms in total. The molecule has 0 N–H and O–H groups in total. The fraction of sp³-hybridized carbons (Fsp3) is 0.0476. The Labute approximate surface area is 128 Å². The predicted octanol–water partition coefficient (Wildman–Crippen LogP) is 5.75. The molecule has 22 heavy (non-hydrogen) atoms. The number of methoxy groups -OCH3 is 1. The Kier molecular flexibility index (Phi) is 2.21. The van der Waals surface area contributed by atoms with Gasteiger partial charge in [0.2, 0.25) is 0 Å². The van der Waals surface area contributed by atoms with E-state index in [9.17, 15) is 0 Å². The average molecular weight is 282 g/mol. The Morgan fingerprint density at radius 2 is 1.32 bits per heavy atom. The van der Waals surface area contributed by atoms with Crippen LogP contribution in [0.4, 0.5) is 0 Å². The van der Waals surface area contributed by atoms with Gasteiger partial charge in [0.05, 0.1) is 7.11 Å². The van der Waals surface area contributed by atoms with Crippen LogP contribution in [0.2, 0.25) is 0 Å². The first-order valence-electron chi connectivity index (χ1n) is 7.50. The first-order chi connectivity index (χ1) is 10.9. The van der Waals surface area contributed by atoms with Crippen molar-refractivity contribution in [3.8, 4) is 5.75 Å². The summed E-state index contributed by atoms with van der Waals surface area (Å²) in [4.78, 5) is 0. The third-order valence-corrected chi connectivity index (χ3v) is 4.69. The summed E-state index contributed by atoms with van der Waals surface area (Å²) in [6.07, 6.45) is 0. The van der Waals surface area contributed by atoms with Gasteiger partial charge in [0.15, 0.2) is 0 Å². The summed E-state index contributed by atoms with van der Waals surface area (Å²) in [5, 5.41) is 10.3. The maximum absolute atomic E-state index is 5.56. The van der Waals surface area contributed by atoms with Gasteiger partial charge in [0.1, 0.15) is 5.75 Å². The first-order valence-corrected chi connectivity index (χ1v) is 7.50. The van der Waals surface area contributed by atoms with E-state index in [1.165, 1.54) is 43.1 Å². The summed E-state index contributed by atoms with van der Waals surface area (Å²) >= 11 is 0. The van der Waals surface area contributed by atoms with Gasteiger partial charge in [-0.25, -0.2) is 0 Å². The van der Waals surface area contributed by atoms with Crippen molar-refractivity contribution in [3.05, 3.63) is 66.7 Å². The van der Waals surface area contributed by atoms with E-state index in [2.05, 4.69) is 66.7 Å². The van der Waals surface area contributed by atoms with Gasteiger partial charge in [-0.3, -0.25) is 0 Å². The minimum atomic E-state index is 0.940. The molecule has 0 saturated carbocycles. The Balaban J connectivity index is 2.16. The summed E-state index contributed by atoms with van der Waals surface area (Å²) in [7, 11) is 1.74. The molecule has 0 fully saturated rings. The molecule has 0 aliphatic carbocycles.